The summed E-state index contributed by atoms with van der Waals surface area (Å²) in [4.78, 5) is 13.0. The van der Waals surface area contributed by atoms with Gasteiger partial charge in [-0.25, -0.2) is 9.18 Å². The van der Waals surface area contributed by atoms with Crippen molar-refractivity contribution in [3.05, 3.63) is 73.8 Å². The molecule has 1 aliphatic heterocycles. The Morgan fingerprint density at radius 1 is 1.29 bits per heavy atom. The predicted molar refractivity (Wildman–Crippen MR) is 106 cm³/mol. The van der Waals surface area contributed by atoms with Crippen LogP contribution in [0, 0.1) is 12.7 Å². The van der Waals surface area contributed by atoms with Gasteiger partial charge in [-0.3, -0.25) is 4.90 Å². The van der Waals surface area contributed by atoms with Gasteiger partial charge in [-0.1, -0.05) is 31.0 Å². The Hall–Kier alpha value is -2.37. The lowest BCUT2D eigenvalue weighted by Gasteiger charge is -2.28. The lowest BCUT2D eigenvalue weighted by Crippen LogP contribution is -3.11. The van der Waals surface area contributed by atoms with Crippen molar-refractivity contribution in [1.82, 2.24) is 0 Å². The number of fused-ring (bicyclic) bond motifs is 2. The van der Waals surface area contributed by atoms with Crippen molar-refractivity contribution in [2.75, 3.05) is 6.73 Å². The lowest BCUT2D eigenvalue weighted by molar-refractivity contribution is -0.945. The van der Waals surface area contributed by atoms with Crippen LogP contribution in [0.15, 0.2) is 39.5 Å². The molecule has 28 heavy (non-hydrogen) atoms. The van der Waals surface area contributed by atoms with Crippen LogP contribution in [0.2, 0.25) is 5.02 Å². The molecule has 1 N–H and O–H groups in total. The fraction of sp³-hybridized carbons (Fsp3) is 0.318. The Kier molecular flexibility index (Phi) is 5.13. The molecule has 4 rings (SSSR count). The summed E-state index contributed by atoms with van der Waals surface area (Å²) in [6.07, 6.45) is 1.75. The van der Waals surface area contributed by atoms with E-state index in [4.69, 9.17) is 20.8 Å². The minimum absolute atomic E-state index is 0.299. The van der Waals surface area contributed by atoms with Crippen LogP contribution < -0.4 is 15.3 Å². The zero-order valence-electron chi connectivity index (χ0n) is 15.9. The third kappa shape index (κ3) is 3.40. The highest BCUT2D eigenvalue weighted by atomic mass is 35.5. The van der Waals surface area contributed by atoms with E-state index in [-0.39, 0.29) is 11.4 Å². The molecule has 1 unspecified atom stereocenters. The number of aryl methyl sites for hydroxylation is 2. The third-order valence-corrected chi connectivity index (χ3v) is 5.60. The molecule has 6 heteroatoms. The van der Waals surface area contributed by atoms with E-state index in [0.717, 1.165) is 45.6 Å². The molecule has 146 valence electrons. The van der Waals surface area contributed by atoms with Crippen molar-refractivity contribution in [2.24, 2.45) is 0 Å². The van der Waals surface area contributed by atoms with Crippen molar-refractivity contribution in [3.63, 3.8) is 0 Å². The number of benzene rings is 2. The fourth-order valence-electron chi connectivity index (χ4n) is 3.94. The quantitative estimate of drug-likeness (QED) is 0.675. The van der Waals surface area contributed by atoms with E-state index in [9.17, 15) is 9.18 Å². The first-order valence-corrected chi connectivity index (χ1v) is 9.84. The Balaban J connectivity index is 1.73. The number of nitrogens with one attached hydrogen (secondary N) is 1. The number of quaternary nitrogens is 1. The molecule has 0 saturated heterocycles. The van der Waals surface area contributed by atoms with Gasteiger partial charge in [-0.05, 0) is 37.1 Å². The van der Waals surface area contributed by atoms with Gasteiger partial charge in [-0.15, -0.1) is 0 Å². The predicted octanol–water partition coefficient (Wildman–Crippen LogP) is 3.78. The number of hydrogen-bond donors (Lipinski definition) is 1. The van der Waals surface area contributed by atoms with Gasteiger partial charge in [0.1, 0.15) is 30.2 Å². The van der Waals surface area contributed by atoms with E-state index in [0.29, 0.717) is 36.0 Å². The molecular weight excluding hydrogens is 381 g/mol. The molecule has 0 amide bonds. The number of ether oxygens (including phenoxy) is 1. The van der Waals surface area contributed by atoms with Crippen molar-refractivity contribution in [3.8, 4) is 5.75 Å². The Morgan fingerprint density at radius 3 is 2.86 bits per heavy atom. The highest BCUT2D eigenvalue weighted by Crippen LogP contribution is 2.33. The van der Waals surface area contributed by atoms with Gasteiger partial charge in [0, 0.05) is 22.6 Å². The standard InChI is InChI=1S/C22H21ClFNO3/c1-3-5-14-9-20(26)28-22-13(2)21-15(8-16(14)22)10-25(12-27-21)11-17-18(23)6-4-7-19(17)24/h4,6-9H,3,5,10-12H2,1-2H3/p+1. The van der Waals surface area contributed by atoms with E-state index in [1.165, 1.54) is 6.07 Å². The summed E-state index contributed by atoms with van der Waals surface area (Å²) in [6, 6.07) is 8.36. The van der Waals surface area contributed by atoms with Gasteiger partial charge in [-0.2, -0.15) is 0 Å². The molecule has 2 heterocycles. The molecule has 0 aliphatic carbocycles. The van der Waals surface area contributed by atoms with Crippen LogP contribution in [-0.2, 0) is 19.5 Å². The second kappa shape index (κ2) is 7.57. The minimum atomic E-state index is -0.337. The maximum absolute atomic E-state index is 14.2. The second-order valence-electron chi connectivity index (χ2n) is 7.30. The Morgan fingerprint density at radius 2 is 2.11 bits per heavy atom. The summed E-state index contributed by atoms with van der Waals surface area (Å²) in [6.45, 7) is 5.51. The zero-order valence-corrected chi connectivity index (χ0v) is 16.7. The third-order valence-electron chi connectivity index (χ3n) is 5.25. The van der Waals surface area contributed by atoms with E-state index < -0.39 is 0 Å². The maximum atomic E-state index is 14.2. The highest BCUT2D eigenvalue weighted by molar-refractivity contribution is 6.31. The summed E-state index contributed by atoms with van der Waals surface area (Å²) in [5.74, 6) is 0.458. The molecule has 0 fully saturated rings. The van der Waals surface area contributed by atoms with Crippen LogP contribution in [0.25, 0.3) is 11.0 Å². The van der Waals surface area contributed by atoms with Gasteiger partial charge >= 0.3 is 5.63 Å². The van der Waals surface area contributed by atoms with Gasteiger partial charge in [0.15, 0.2) is 0 Å². The average molecular weight is 403 g/mol. The summed E-state index contributed by atoms with van der Waals surface area (Å²) in [5, 5.41) is 1.38. The lowest BCUT2D eigenvalue weighted by atomic mass is 9.98. The summed E-state index contributed by atoms with van der Waals surface area (Å²) in [5.41, 5.74) is 3.62. The largest absolute Gasteiger partial charge is 0.444 e. The topological polar surface area (TPSA) is 43.9 Å². The summed E-state index contributed by atoms with van der Waals surface area (Å²) >= 11 is 6.19. The highest BCUT2D eigenvalue weighted by Gasteiger charge is 2.26. The molecular formula is C22H22ClFNO3+. The van der Waals surface area contributed by atoms with Crippen molar-refractivity contribution in [1.29, 1.82) is 0 Å². The summed E-state index contributed by atoms with van der Waals surface area (Å²) in [7, 11) is 0. The van der Waals surface area contributed by atoms with E-state index in [2.05, 4.69) is 6.92 Å². The van der Waals surface area contributed by atoms with Crippen LogP contribution in [0.4, 0.5) is 4.39 Å². The first-order chi connectivity index (χ1) is 13.5. The van der Waals surface area contributed by atoms with Crippen molar-refractivity contribution < 1.29 is 18.4 Å². The molecule has 0 bridgehead atoms. The first kappa shape index (κ1) is 19.0. The zero-order chi connectivity index (χ0) is 19.8. The molecule has 1 aliphatic rings. The minimum Gasteiger partial charge on any atom is -0.444 e. The SMILES string of the molecule is CCCc1cc(=O)oc2c(C)c3c(cc12)C[NH+](Cc1c(F)cccc1Cl)CO3. The molecule has 1 aromatic heterocycles. The number of rotatable bonds is 4. The number of halogens is 2. The van der Waals surface area contributed by atoms with Gasteiger partial charge in [0.2, 0.25) is 6.73 Å². The van der Waals surface area contributed by atoms with Crippen LogP contribution in [0.5, 0.6) is 5.75 Å². The maximum Gasteiger partial charge on any atom is 0.336 e. The van der Waals surface area contributed by atoms with Crippen LogP contribution in [0.1, 0.15) is 35.6 Å². The molecule has 3 aromatic rings. The van der Waals surface area contributed by atoms with Crippen LogP contribution in [-0.4, -0.2) is 6.73 Å². The normalized spacial score (nSPS) is 16.1. The molecule has 0 saturated carbocycles. The molecule has 4 nitrogen and oxygen atoms in total. The van der Waals surface area contributed by atoms with Crippen molar-refractivity contribution in [2.45, 2.75) is 39.8 Å². The van der Waals surface area contributed by atoms with Crippen LogP contribution in [0.3, 0.4) is 0 Å². The van der Waals surface area contributed by atoms with Gasteiger partial charge in [0.05, 0.1) is 10.6 Å². The molecule has 1 atom stereocenters. The van der Waals surface area contributed by atoms with Crippen molar-refractivity contribution >= 4 is 22.6 Å². The Bertz CT molecular complexity index is 1090. The molecule has 0 spiro atoms. The summed E-state index contributed by atoms with van der Waals surface area (Å²) < 4.78 is 25.7. The fourth-order valence-corrected chi connectivity index (χ4v) is 4.17. The second-order valence-corrected chi connectivity index (χ2v) is 7.71. The van der Waals surface area contributed by atoms with Gasteiger partial charge in [0.25, 0.3) is 0 Å². The number of hydrogen-bond acceptors (Lipinski definition) is 3. The Labute approximate surface area is 167 Å². The smallest absolute Gasteiger partial charge is 0.336 e. The van der Waals surface area contributed by atoms with E-state index in [1.54, 1.807) is 18.2 Å². The van der Waals surface area contributed by atoms with Crippen LogP contribution >= 0.6 is 11.6 Å². The van der Waals surface area contributed by atoms with Gasteiger partial charge < -0.3 is 9.15 Å². The van der Waals surface area contributed by atoms with E-state index in [1.807, 2.05) is 13.0 Å². The average Bonchev–Trinajstić information content (AvgIpc) is 2.66. The molecule has 0 radical (unpaired) electrons. The first-order valence-electron chi connectivity index (χ1n) is 9.46. The molecule has 2 aromatic carbocycles. The van der Waals surface area contributed by atoms with E-state index >= 15 is 0 Å². The monoisotopic (exact) mass is 402 g/mol.